The molecule has 1 amide bonds. The molecular weight excluding hydrogens is 440 g/mol. The summed E-state index contributed by atoms with van der Waals surface area (Å²) in [5.41, 5.74) is 2.70. The van der Waals surface area contributed by atoms with Gasteiger partial charge in [-0.2, -0.15) is 0 Å². The number of amides is 1. The number of carbonyl (C=O) groups excluding carboxylic acids is 1. The van der Waals surface area contributed by atoms with Crippen LogP contribution in [0.15, 0.2) is 52.1 Å². The molecule has 3 aromatic rings. The minimum atomic E-state index is -0.121. The van der Waals surface area contributed by atoms with Crippen molar-refractivity contribution >= 4 is 39.3 Å². The summed E-state index contributed by atoms with van der Waals surface area (Å²) in [7, 11) is 1.59. The molecule has 0 aliphatic carbocycles. The van der Waals surface area contributed by atoms with Gasteiger partial charge in [0, 0.05) is 16.6 Å². The van der Waals surface area contributed by atoms with Gasteiger partial charge < -0.3 is 14.6 Å². The lowest BCUT2D eigenvalue weighted by molar-refractivity contribution is -0.113. The number of aryl methyl sites for hydroxylation is 1. The number of benzene rings is 2. The number of nitrogens with one attached hydrogen (secondary N) is 1. The Morgan fingerprint density at radius 3 is 2.64 bits per heavy atom. The molecule has 6 nitrogen and oxygen atoms in total. The van der Waals surface area contributed by atoms with Crippen LogP contribution in [0, 0.1) is 6.92 Å². The zero-order valence-electron chi connectivity index (χ0n) is 15.9. The summed E-state index contributed by atoms with van der Waals surface area (Å²) in [6, 6.07) is 13.6. The van der Waals surface area contributed by atoms with Crippen molar-refractivity contribution in [2.24, 2.45) is 0 Å². The zero-order chi connectivity index (χ0) is 20.1. The van der Waals surface area contributed by atoms with Gasteiger partial charge in [-0.25, -0.2) is 0 Å². The first kappa shape index (κ1) is 20.4. The number of hydrogen-bond acceptors (Lipinski definition) is 5. The highest BCUT2D eigenvalue weighted by molar-refractivity contribution is 9.10. The van der Waals surface area contributed by atoms with E-state index in [1.165, 1.54) is 11.8 Å². The Kier molecular flexibility index (Phi) is 6.74. The first-order chi connectivity index (χ1) is 13.5. The Balaban J connectivity index is 1.70. The van der Waals surface area contributed by atoms with E-state index in [2.05, 4.69) is 31.4 Å². The lowest BCUT2D eigenvalue weighted by atomic mass is 10.2. The fraction of sp³-hybridized carbons (Fsp3) is 0.250. The zero-order valence-corrected chi connectivity index (χ0v) is 18.3. The molecule has 0 aliphatic heterocycles. The van der Waals surface area contributed by atoms with E-state index in [0.29, 0.717) is 23.1 Å². The smallest absolute Gasteiger partial charge is 0.234 e. The fourth-order valence-electron chi connectivity index (χ4n) is 2.73. The lowest BCUT2D eigenvalue weighted by Crippen LogP contribution is -2.15. The minimum Gasteiger partial charge on any atom is -0.495 e. The molecule has 1 N–H and O–H groups in total. The van der Waals surface area contributed by atoms with Crippen LogP contribution in [0.25, 0.3) is 11.4 Å². The average Bonchev–Trinajstić information content (AvgIpc) is 3.10. The highest BCUT2D eigenvalue weighted by Gasteiger charge is 2.15. The minimum absolute atomic E-state index is 0.121. The van der Waals surface area contributed by atoms with Crippen LogP contribution in [0.5, 0.6) is 5.75 Å². The number of hydrogen-bond donors (Lipinski definition) is 1. The molecule has 0 saturated heterocycles. The van der Waals surface area contributed by atoms with Crippen molar-refractivity contribution in [3.8, 4) is 17.1 Å². The first-order valence-electron chi connectivity index (χ1n) is 8.78. The quantitative estimate of drug-likeness (QED) is 0.513. The summed E-state index contributed by atoms with van der Waals surface area (Å²) in [6.45, 7) is 4.72. The molecule has 0 aliphatic rings. The number of aromatic nitrogens is 3. The highest BCUT2D eigenvalue weighted by atomic mass is 79.9. The van der Waals surface area contributed by atoms with Crippen molar-refractivity contribution in [3.05, 3.63) is 52.5 Å². The summed E-state index contributed by atoms with van der Waals surface area (Å²) in [5.74, 6) is 1.54. The number of nitrogens with zero attached hydrogens (tertiary/aromatic N) is 3. The van der Waals surface area contributed by atoms with E-state index in [9.17, 15) is 4.79 Å². The van der Waals surface area contributed by atoms with E-state index in [0.717, 1.165) is 21.4 Å². The van der Waals surface area contributed by atoms with Crippen LogP contribution in [0.1, 0.15) is 12.5 Å². The standard InChI is InChI=1S/C20H21BrN4O2S/c1-4-25-19(14-6-8-15(21)9-7-14)23-24-20(25)28-12-18(26)22-16-11-13(2)5-10-17(16)27-3/h5-11H,4,12H2,1-3H3,(H,22,26). The second-order valence-corrected chi connectivity index (χ2v) is 7.96. The molecule has 0 atom stereocenters. The number of anilines is 1. The Labute approximate surface area is 176 Å². The summed E-state index contributed by atoms with van der Waals surface area (Å²) in [4.78, 5) is 12.4. The van der Waals surface area contributed by atoms with Crippen LogP contribution in [0.3, 0.4) is 0 Å². The summed E-state index contributed by atoms with van der Waals surface area (Å²) in [5, 5.41) is 12.2. The van der Waals surface area contributed by atoms with Crippen LogP contribution >= 0.6 is 27.7 Å². The molecule has 0 unspecified atom stereocenters. The van der Waals surface area contributed by atoms with Gasteiger partial charge in [-0.05, 0) is 43.7 Å². The largest absolute Gasteiger partial charge is 0.495 e. The molecule has 146 valence electrons. The number of rotatable bonds is 7. The molecule has 28 heavy (non-hydrogen) atoms. The third-order valence-corrected chi connectivity index (χ3v) is 5.59. The number of halogens is 1. The summed E-state index contributed by atoms with van der Waals surface area (Å²) < 4.78 is 8.33. The van der Waals surface area contributed by atoms with Crippen LogP contribution in [-0.4, -0.2) is 33.5 Å². The highest BCUT2D eigenvalue weighted by Crippen LogP contribution is 2.27. The second-order valence-electron chi connectivity index (χ2n) is 6.10. The van der Waals surface area contributed by atoms with Crippen molar-refractivity contribution in [2.75, 3.05) is 18.2 Å². The van der Waals surface area contributed by atoms with Crippen LogP contribution in [-0.2, 0) is 11.3 Å². The molecule has 1 heterocycles. The van der Waals surface area contributed by atoms with E-state index in [1.807, 2.05) is 60.9 Å². The van der Waals surface area contributed by atoms with Crippen molar-refractivity contribution < 1.29 is 9.53 Å². The molecule has 0 fully saturated rings. The predicted octanol–water partition coefficient (Wildman–Crippen LogP) is 4.78. The lowest BCUT2D eigenvalue weighted by Gasteiger charge is -2.11. The van der Waals surface area contributed by atoms with Gasteiger partial charge in [-0.3, -0.25) is 4.79 Å². The monoisotopic (exact) mass is 460 g/mol. The van der Waals surface area contributed by atoms with Crippen molar-refractivity contribution in [2.45, 2.75) is 25.5 Å². The first-order valence-corrected chi connectivity index (χ1v) is 10.6. The van der Waals surface area contributed by atoms with Gasteiger partial charge in [-0.15, -0.1) is 10.2 Å². The topological polar surface area (TPSA) is 69.0 Å². The Hall–Kier alpha value is -2.32. The van der Waals surface area contributed by atoms with E-state index < -0.39 is 0 Å². The van der Waals surface area contributed by atoms with Gasteiger partial charge in [0.1, 0.15) is 5.75 Å². The van der Waals surface area contributed by atoms with Gasteiger partial charge >= 0.3 is 0 Å². The van der Waals surface area contributed by atoms with Gasteiger partial charge in [-0.1, -0.05) is 45.9 Å². The van der Waals surface area contributed by atoms with Gasteiger partial charge in [0.2, 0.25) is 5.91 Å². The summed E-state index contributed by atoms with van der Waals surface area (Å²) >= 11 is 4.80. The third kappa shape index (κ3) is 4.74. The average molecular weight is 461 g/mol. The number of thioether (sulfide) groups is 1. The third-order valence-electron chi connectivity index (χ3n) is 4.10. The molecule has 0 radical (unpaired) electrons. The van der Waals surface area contributed by atoms with Crippen LogP contribution < -0.4 is 10.1 Å². The molecule has 2 aromatic carbocycles. The van der Waals surface area contributed by atoms with E-state index >= 15 is 0 Å². The predicted molar refractivity (Wildman–Crippen MR) is 116 cm³/mol. The van der Waals surface area contributed by atoms with Crippen LogP contribution in [0.2, 0.25) is 0 Å². The second kappa shape index (κ2) is 9.25. The van der Waals surface area contributed by atoms with Crippen molar-refractivity contribution in [3.63, 3.8) is 0 Å². The van der Waals surface area contributed by atoms with Crippen molar-refractivity contribution in [1.29, 1.82) is 0 Å². The van der Waals surface area contributed by atoms with E-state index in [-0.39, 0.29) is 11.7 Å². The fourth-order valence-corrected chi connectivity index (χ4v) is 3.80. The van der Waals surface area contributed by atoms with Gasteiger partial charge in [0.05, 0.1) is 18.6 Å². The number of ether oxygens (including phenoxy) is 1. The maximum atomic E-state index is 12.4. The molecule has 0 saturated carbocycles. The molecule has 3 rings (SSSR count). The van der Waals surface area contributed by atoms with Gasteiger partial charge in [0.25, 0.3) is 0 Å². The van der Waals surface area contributed by atoms with E-state index in [1.54, 1.807) is 7.11 Å². The van der Waals surface area contributed by atoms with Gasteiger partial charge in [0.15, 0.2) is 11.0 Å². The Morgan fingerprint density at radius 2 is 1.96 bits per heavy atom. The number of methoxy groups -OCH3 is 1. The van der Waals surface area contributed by atoms with Crippen LogP contribution in [0.4, 0.5) is 5.69 Å². The molecular formula is C20H21BrN4O2S. The number of carbonyl (C=O) groups is 1. The molecule has 0 bridgehead atoms. The van der Waals surface area contributed by atoms with E-state index in [4.69, 9.17) is 4.74 Å². The SMILES string of the molecule is CCn1c(SCC(=O)Nc2cc(C)ccc2OC)nnc1-c1ccc(Br)cc1. The maximum Gasteiger partial charge on any atom is 0.234 e. The summed E-state index contributed by atoms with van der Waals surface area (Å²) in [6.07, 6.45) is 0. The molecule has 1 aromatic heterocycles. The van der Waals surface area contributed by atoms with Crippen molar-refractivity contribution in [1.82, 2.24) is 14.8 Å². The molecule has 8 heteroatoms. The normalized spacial score (nSPS) is 10.7. The maximum absolute atomic E-state index is 12.4. The Bertz CT molecular complexity index is 973. The molecule has 0 spiro atoms. The Morgan fingerprint density at radius 1 is 1.21 bits per heavy atom.